The number of ether oxygens (including phenoxy) is 1. The molecule has 0 radical (unpaired) electrons. The summed E-state index contributed by atoms with van der Waals surface area (Å²) in [6.07, 6.45) is 4.03. The summed E-state index contributed by atoms with van der Waals surface area (Å²) in [5, 5.41) is 13.0. The largest absolute Gasteiger partial charge is 0.488 e. The maximum absolute atomic E-state index is 13.3. The Labute approximate surface area is 111 Å². The highest BCUT2D eigenvalue weighted by Crippen LogP contribution is 2.18. The number of aliphatic hydroxyl groups excluding tert-OH is 1. The molecule has 3 nitrogen and oxygen atoms in total. The van der Waals surface area contributed by atoms with E-state index in [1.54, 1.807) is 0 Å². The van der Waals surface area contributed by atoms with Crippen molar-refractivity contribution in [1.82, 2.24) is 5.32 Å². The van der Waals surface area contributed by atoms with Crippen molar-refractivity contribution in [2.24, 2.45) is 0 Å². The molecule has 2 rings (SSSR count). The zero-order valence-electron chi connectivity index (χ0n) is 10.7. The Morgan fingerprint density at radius 3 is 2.74 bits per heavy atom. The van der Waals surface area contributed by atoms with Crippen molar-refractivity contribution in [3.05, 3.63) is 29.8 Å². The van der Waals surface area contributed by atoms with Crippen molar-refractivity contribution < 1.29 is 18.6 Å². The monoisotopic (exact) mass is 271 g/mol. The topological polar surface area (TPSA) is 41.5 Å². The molecule has 1 fully saturated rings. The zero-order valence-corrected chi connectivity index (χ0v) is 10.7. The van der Waals surface area contributed by atoms with Crippen LogP contribution in [-0.4, -0.2) is 30.4 Å². The van der Waals surface area contributed by atoms with E-state index in [-0.39, 0.29) is 12.4 Å². The summed E-state index contributed by atoms with van der Waals surface area (Å²) in [6, 6.07) is 3.58. The van der Waals surface area contributed by atoms with Gasteiger partial charge in [0.25, 0.3) is 0 Å². The van der Waals surface area contributed by atoms with Crippen LogP contribution in [0, 0.1) is 11.6 Å². The first kappa shape index (κ1) is 14.2. The first-order valence-corrected chi connectivity index (χ1v) is 6.64. The lowest BCUT2D eigenvalue weighted by Gasteiger charge is -2.16. The summed E-state index contributed by atoms with van der Waals surface area (Å²) < 4.78 is 31.1. The minimum Gasteiger partial charge on any atom is -0.488 e. The van der Waals surface area contributed by atoms with Gasteiger partial charge >= 0.3 is 0 Å². The number of hydrogen-bond acceptors (Lipinski definition) is 3. The molecule has 106 valence electrons. The van der Waals surface area contributed by atoms with Gasteiger partial charge in [-0.25, -0.2) is 8.78 Å². The third-order valence-electron chi connectivity index (χ3n) is 3.32. The van der Waals surface area contributed by atoms with Crippen LogP contribution < -0.4 is 10.1 Å². The molecule has 19 heavy (non-hydrogen) atoms. The summed E-state index contributed by atoms with van der Waals surface area (Å²) in [7, 11) is 0. The van der Waals surface area contributed by atoms with Gasteiger partial charge in [0.2, 0.25) is 0 Å². The van der Waals surface area contributed by atoms with Gasteiger partial charge in [-0.3, -0.25) is 0 Å². The number of benzene rings is 1. The predicted octanol–water partition coefficient (Wildman–Crippen LogP) is 2.24. The van der Waals surface area contributed by atoms with Gasteiger partial charge in [-0.15, -0.1) is 0 Å². The van der Waals surface area contributed by atoms with Gasteiger partial charge in [0, 0.05) is 18.7 Å². The highest BCUT2D eigenvalue weighted by Gasteiger charge is 2.16. The van der Waals surface area contributed by atoms with Gasteiger partial charge in [0.05, 0.1) is 0 Å². The van der Waals surface area contributed by atoms with Gasteiger partial charge in [-0.2, -0.15) is 0 Å². The van der Waals surface area contributed by atoms with Crippen molar-refractivity contribution in [2.45, 2.75) is 37.8 Å². The second-order valence-corrected chi connectivity index (χ2v) is 4.93. The number of nitrogens with one attached hydrogen (secondary N) is 1. The van der Waals surface area contributed by atoms with E-state index < -0.39 is 17.7 Å². The van der Waals surface area contributed by atoms with Crippen LogP contribution in [0.2, 0.25) is 0 Å². The van der Waals surface area contributed by atoms with E-state index in [0.717, 1.165) is 25.0 Å². The summed E-state index contributed by atoms with van der Waals surface area (Å²) in [5.41, 5.74) is 0. The maximum atomic E-state index is 13.3. The zero-order chi connectivity index (χ0) is 13.7. The number of hydrogen-bond donors (Lipinski definition) is 2. The fourth-order valence-corrected chi connectivity index (χ4v) is 2.27. The quantitative estimate of drug-likeness (QED) is 0.833. The standard InChI is InChI=1S/C14H19F2NO2/c15-10-5-6-14(13(16)7-10)19-9-12(18)8-17-11-3-1-2-4-11/h5-7,11-12,17-18H,1-4,8-9H2. The van der Waals surface area contributed by atoms with E-state index in [1.807, 2.05) is 0 Å². The second-order valence-electron chi connectivity index (χ2n) is 4.93. The van der Waals surface area contributed by atoms with Crippen LogP contribution in [0.3, 0.4) is 0 Å². The SMILES string of the molecule is OC(CNC1CCCC1)COc1ccc(F)cc1F. The van der Waals surface area contributed by atoms with Gasteiger partial charge in [0.1, 0.15) is 18.5 Å². The Morgan fingerprint density at radius 2 is 2.05 bits per heavy atom. The van der Waals surface area contributed by atoms with E-state index in [0.29, 0.717) is 12.6 Å². The maximum Gasteiger partial charge on any atom is 0.167 e. The van der Waals surface area contributed by atoms with Crippen molar-refractivity contribution in [2.75, 3.05) is 13.2 Å². The molecule has 1 aliphatic rings. The summed E-state index contributed by atoms with van der Waals surface area (Å²) >= 11 is 0. The molecule has 0 heterocycles. The first-order chi connectivity index (χ1) is 9.15. The number of aliphatic hydroxyl groups is 1. The molecule has 1 saturated carbocycles. The highest BCUT2D eigenvalue weighted by molar-refractivity contribution is 5.24. The lowest BCUT2D eigenvalue weighted by atomic mass is 10.2. The van der Waals surface area contributed by atoms with E-state index in [4.69, 9.17) is 4.74 Å². The van der Waals surface area contributed by atoms with Gasteiger partial charge < -0.3 is 15.2 Å². The molecule has 0 spiro atoms. The van der Waals surface area contributed by atoms with Crippen molar-refractivity contribution in [3.8, 4) is 5.75 Å². The predicted molar refractivity (Wildman–Crippen MR) is 68.1 cm³/mol. The third-order valence-corrected chi connectivity index (χ3v) is 3.32. The molecule has 0 aliphatic heterocycles. The average molecular weight is 271 g/mol. The van der Waals surface area contributed by atoms with Crippen LogP contribution in [-0.2, 0) is 0 Å². The smallest absolute Gasteiger partial charge is 0.167 e. The van der Waals surface area contributed by atoms with Gasteiger partial charge in [-0.05, 0) is 25.0 Å². The molecular formula is C14H19F2NO2. The molecule has 0 bridgehead atoms. The fourth-order valence-electron chi connectivity index (χ4n) is 2.27. The average Bonchev–Trinajstić information content (AvgIpc) is 2.88. The Balaban J connectivity index is 1.71. The molecule has 1 aliphatic carbocycles. The van der Waals surface area contributed by atoms with Crippen molar-refractivity contribution >= 4 is 0 Å². The Morgan fingerprint density at radius 1 is 1.32 bits per heavy atom. The summed E-state index contributed by atoms with van der Waals surface area (Å²) in [6.45, 7) is 0.412. The third kappa shape index (κ3) is 4.44. The van der Waals surface area contributed by atoms with Crippen LogP contribution >= 0.6 is 0 Å². The lowest BCUT2D eigenvalue weighted by Crippen LogP contribution is -2.36. The number of rotatable bonds is 6. The van der Waals surface area contributed by atoms with Gasteiger partial charge in [0.15, 0.2) is 11.6 Å². The Hall–Kier alpha value is -1.20. The fraction of sp³-hybridized carbons (Fsp3) is 0.571. The molecule has 5 heteroatoms. The van der Waals surface area contributed by atoms with E-state index >= 15 is 0 Å². The minimum absolute atomic E-state index is 0.0116. The molecule has 0 amide bonds. The van der Waals surface area contributed by atoms with Crippen LogP contribution in [0.25, 0.3) is 0 Å². The van der Waals surface area contributed by atoms with Gasteiger partial charge in [-0.1, -0.05) is 12.8 Å². The molecule has 0 saturated heterocycles. The molecule has 1 aromatic carbocycles. The second kappa shape index (κ2) is 6.82. The molecule has 1 unspecified atom stereocenters. The molecule has 0 aromatic heterocycles. The van der Waals surface area contributed by atoms with Crippen LogP contribution in [0.4, 0.5) is 8.78 Å². The van der Waals surface area contributed by atoms with Crippen LogP contribution in [0.5, 0.6) is 5.75 Å². The Bertz CT molecular complexity index is 408. The lowest BCUT2D eigenvalue weighted by molar-refractivity contribution is 0.101. The minimum atomic E-state index is -0.754. The highest BCUT2D eigenvalue weighted by atomic mass is 19.1. The van der Waals surface area contributed by atoms with E-state index in [9.17, 15) is 13.9 Å². The van der Waals surface area contributed by atoms with Crippen molar-refractivity contribution in [1.29, 1.82) is 0 Å². The summed E-state index contributed by atoms with van der Waals surface area (Å²) in [4.78, 5) is 0. The van der Waals surface area contributed by atoms with E-state index in [2.05, 4.69) is 5.32 Å². The Kier molecular flexibility index (Phi) is 5.10. The molecule has 2 N–H and O–H groups in total. The van der Waals surface area contributed by atoms with Crippen LogP contribution in [0.15, 0.2) is 18.2 Å². The first-order valence-electron chi connectivity index (χ1n) is 6.64. The summed E-state index contributed by atoms with van der Waals surface area (Å²) in [5.74, 6) is -1.44. The van der Waals surface area contributed by atoms with Crippen LogP contribution in [0.1, 0.15) is 25.7 Å². The van der Waals surface area contributed by atoms with Crippen molar-refractivity contribution in [3.63, 3.8) is 0 Å². The molecular weight excluding hydrogens is 252 g/mol. The normalized spacial score (nSPS) is 17.6. The van der Waals surface area contributed by atoms with E-state index in [1.165, 1.54) is 18.9 Å². The molecule has 1 aromatic rings. The number of halogens is 2. The molecule has 1 atom stereocenters.